The van der Waals surface area contributed by atoms with Crippen LogP contribution in [-0.2, 0) is 4.74 Å². The van der Waals surface area contributed by atoms with Gasteiger partial charge in [0.2, 0.25) is 0 Å². The molecule has 0 aromatic heterocycles. The molecule has 21 heavy (non-hydrogen) atoms. The third-order valence-electron chi connectivity index (χ3n) is 2.63. The SMILES string of the molecule is CCOC(=O)c1ccc(/N=C/c2cc(F)cc(F)c2)cc1. The minimum absolute atomic E-state index is 0.309. The van der Waals surface area contributed by atoms with E-state index < -0.39 is 17.6 Å². The average molecular weight is 289 g/mol. The zero-order valence-electron chi connectivity index (χ0n) is 11.3. The molecule has 0 atom stereocenters. The van der Waals surface area contributed by atoms with E-state index in [1.165, 1.54) is 18.3 Å². The van der Waals surface area contributed by atoms with Gasteiger partial charge in [0.15, 0.2) is 0 Å². The van der Waals surface area contributed by atoms with Crippen LogP contribution in [-0.4, -0.2) is 18.8 Å². The summed E-state index contributed by atoms with van der Waals surface area (Å²) in [7, 11) is 0. The molecular weight excluding hydrogens is 276 g/mol. The van der Waals surface area contributed by atoms with E-state index in [4.69, 9.17) is 4.74 Å². The van der Waals surface area contributed by atoms with Gasteiger partial charge in [-0.1, -0.05) is 0 Å². The first kappa shape index (κ1) is 14.8. The maximum absolute atomic E-state index is 13.0. The van der Waals surface area contributed by atoms with Gasteiger partial charge < -0.3 is 4.74 Å². The lowest BCUT2D eigenvalue weighted by molar-refractivity contribution is 0.0526. The predicted octanol–water partition coefficient (Wildman–Crippen LogP) is 3.89. The molecule has 0 aliphatic rings. The molecule has 2 rings (SSSR count). The molecule has 108 valence electrons. The van der Waals surface area contributed by atoms with Gasteiger partial charge in [0, 0.05) is 12.3 Å². The number of nitrogens with zero attached hydrogens (tertiary/aromatic N) is 1. The molecule has 0 aliphatic heterocycles. The van der Waals surface area contributed by atoms with Crippen molar-refractivity contribution in [3.63, 3.8) is 0 Å². The molecule has 0 heterocycles. The minimum Gasteiger partial charge on any atom is -0.462 e. The minimum atomic E-state index is -0.658. The number of hydrogen-bond donors (Lipinski definition) is 0. The van der Waals surface area contributed by atoms with Gasteiger partial charge in [0.05, 0.1) is 17.9 Å². The van der Waals surface area contributed by atoms with E-state index >= 15 is 0 Å². The molecule has 0 amide bonds. The summed E-state index contributed by atoms with van der Waals surface area (Å²) in [6.07, 6.45) is 1.35. The lowest BCUT2D eigenvalue weighted by Crippen LogP contribution is -2.03. The highest BCUT2D eigenvalue weighted by Gasteiger charge is 2.05. The van der Waals surface area contributed by atoms with Crippen molar-refractivity contribution in [2.75, 3.05) is 6.61 Å². The molecule has 0 unspecified atom stereocenters. The number of halogens is 2. The number of aliphatic imine (C=N–C) groups is 1. The smallest absolute Gasteiger partial charge is 0.338 e. The normalized spacial score (nSPS) is 10.8. The van der Waals surface area contributed by atoms with E-state index in [1.54, 1.807) is 31.2 Å². The van der Waals surface area contributed by atoms with E-state index in [2.05, 4.69) is 4.99 Å². The first-order valence-corrected chi connectivity index (χ1v) is 6.36. The molecule has 0 saturated heterocycles. The highest BCUT2D eigenvalue weighted by molar-refractivity contribution is 5.90. The van der Waals surface area contributed by atoms with Crippen molar-refractivity contribution in [1.82, 2.24) is 0 Å². The molecule has 5 heteroatoms. The summed E-state index contributed by atoms with van der Waals surface area (Å²) >= 11 is 0. The third-order valence-corrected chi connectivity index (χ3v) is 2.63. The second-order valence-corrected chi connectivity index (χ2v) is 4.23. The molecule has 0 N–H and O–H groups in total. The van der Waals surface area contributed by atoms with Gasteiger partial charge in [0.25, 0.3) is 0 Å². The molecule has 0 radical (unpaired) electrons. The van der Waals surface area contributed by atoms with Gasteiger partial charge in [-0.05, 0) is 48.9 Å². The Morgan fingerprint density at radius 2 is 1.76 bits per heavy atom. The van der Waals surface area contributed by atoms with Crippen molar-refractivity contribution < 1.29 is 18.3 Å². The molecule has 0 saturated carbocycles. The van der Waals surface area contributed by atoms with Crippen molar-refractivity contribution in [3.05, 3.63) is 65.2 Å². The Balaban J connectivity index is 2.12. The Labute approximate surface area is 120 Å². The van der Waals surface area contributed by atoms with Crippen LogP contribution in [0.4, 0.5) is 14.5 Å². The quantitative estimate of drug-likeness (QED) is 0.632. The fraction of sp³-hybridized carbons (Fsp3) is 0.125. The van der Waals surface area contributed by atoms with Crippen LogP contribution in [0.1, 0.15) is 22.8 Å². The Morgan fingerprint density at radius 1 is 1.14 bits per heavy atom. The predicted molar refractivity (Wildman–Crippen MR) is 76.0 cm³/mol. The van der Waals surface area contributed by atoms with Crippen LogP contribution in [0.25, 0.3) is 0 Å². The first-order valence-electron chi connectivity index (χ1n) is 6.36. The standard InChI is InChI=1S/C16H13F2NO2/c1-2-21-16(20)12-3-5-15(6-4-12)19-10-11-7-13(17)9-14(18)8-11/h3-10H,2H2,1H3/b19-10+. The zero-order valence-corrected chi connectivity index (χ0v) is 11.3. The monoisotopic (exact) mass is 289 g/mol. The van der Waals surface area contributed by atoms with Crippen LogP contribution in [0, 0.1) is 11.6 Å². The number of ether oxygens (including phenoxy) is 1. The zero-order chi connectivity index (χ0) is 15.2. The summed E-state index contributed by atoms with van der Waals surface area (Å²) in [5.74, 6) is -1.72. The van der Waals surface area contributed by atoms with E-state index in [-0.39, 0.29) is 0 Å². The lowest BCUT2D eigenvalue weighted by Gasteiger charge is -2.01. The van der Waals surface area contributed by atoms with Crippen molar-refractivity contribution in [2.45, 2.75) is 6.92 Å². The van der Waals surface area contributed by atoms with Crippen molar-refractivity contribution in [1.29, 1.82) is 0 Å². The molecule has 2 aromatic carbocycles. The summed E-state index contributed by atoms with van der Waals surface area (Å²) in [6, 6.07) is 9.56. The second-order valence-electron chi connectivity index (χ2n) is 4.23. The third kappa shape index (κ3) is 4.21. The van der Waals surface area contributed by atoms with Gasteiger partial charge in [-0.2, -0.15) is 0 Å². The van der Waals surface area contributed by atoms with Gasteiger partial charge in [-0.15, -0.1) is 0 Å². The largest absolute Gasteiger partial charge is 0.462 e. The fourth-order valence-electron chi connectivity index (χ4n) is 1.70. The Morgan fingerprint density at radius 3 is 2.33 bits per heavy atom. The molecular formula is C16H13F2NO2. The van der Waals surface area contributed by atoms with Gasteiger partial charge >= 0.3 is 5.97 Å². The number of carbonyl (C=O) groups excluding carboxylic acids is 1. The highest BCUT2D eigenvalue weighted by Crippen LogP contribution is 2.14. The summed E-state index contributed by atoms with van der Waals surface area (Å²) in [6.45, 7) is 2.04. The summed E-state index contributed by atoms with van der Waals surface area (Å²) in [4.78, 5) is 15.6. The van der Waals surface area contributed by atoms with Gasteiger partial charge in [-0.3, -0.25) is 4.99 Å². The van der Waals surface area contributed by atoms with E-state index in [9.17, 15) is 13.6 Å². The van der Waals surface area contributed by atoms with Crippen molar-refractivity contribution in [3.8, 4) is 0 Å². The number of benzene rings is 2. The number of hydrogen-bond acceptors (Lipinski definition) is 3. The van der Waals surface area contributed by atoms with Crippen LogP contribution < -0.4 is 0 Å². The Hall–Kier alpha value is -2.56. The van der Waals surface area contributed by atoms with Crippen molar-refractivity contribution >= 4 is 17.9 Å². The van der Waals surface area contributed by atoms with Gasteiger partial charge in [0.1, 0.15) is 11.6 Å². The molecule has 2 aromatic rings. The number of carbonyl (C=O) groups is 1. The summed E-state index contributed by atoms with van der Waals surface area (Å²) < 4.78 is 30.9. The first-order chi connectivity index (χ1) is 10.1. The second kappa shape index (κ2) is 6.74. The Bertz CT molecular complexity index is 646. The van der Waals surface area contributed by atoms with Crippen LogP contribution in [0.15, 0.2) is 47.5 Å². The fourth-order valence-corrected chi connectivity index (χ4v) is 1.70. The van der Waals surface area contributed by atoms with Crippen LogP contribution in [0.3, 0.4) is 0 Å². The molecule has 0 spiro atoms. The van der Waals surface area contributed by atoms with Crippen molar-refractivity contribution in [2.24, 2.45) is 4.99 Å². The summed E-state index contributed by atoms with van der Waals surface area (Å²) in [5.41, 5.74) is 1.31. The van der Waals surface area contributed by atoms with Crippen LogP contribution >= 0.6 is 0 Å². The topological polar surface area (TPSA) is 38.7 Å². The molecule has 3 nitrogen and oxygen atoms in total. The molecule has 0 bridgehead atoms. The van der Waals surface area contributed by atoms with E-state index in [0.29, 0.717) is 23.4 Å². The van der Waals surface area contributed by atoms with E-state index in [0.717, 1.165) is 6.07 Å². The average Bonchev–Trinajstić information content (AvgIpc) is 2.45. The van der Waals surface area contributed by atoms with E-state index in [1.807, 2.05) is 0 Å². The number of esters is 1. The maximum Gasteiger partial charge on any atom is 0.338 e. The molecule has 0 fully saturated rings. The van der Waals surface area contributed by atoms with Crippen LogP contribution in [0.5, 0.6) is 0 Å². The lowest BCUT2D eigenvalue weighted by atomic mass is 10.2. The molecule has 0 aliphatic carbocycles. The number of rotatable bonds is 4. The van der Waals surface area contributed by atoms with Crippen LogP contribution in [0.2, 0.25) is 0 Å². The maximum atomic E-state index is 13.0. The van der Waals surface area contributed by atoms with Gasteiger partial charge in [-0.25, -0.2) is 13.6 Å². The summed E-state index contributed by atoms with van der Waals surface area (Å²) in [5, 5.41) is 0. The highest BCUT2D eigenvalue weighted by atomic mass is 19.1. The Kier molecular flexibility index (Phi) is 4.77.